The summed E-state index contributed by atoms with van der Waals surface area (Å²) in [7, 11) is 0. The van der Waals surface area contributed by atoms with E-state index in [4.69, 9.17) is 4.98 Å². The predicted octanol–water partition coefficient (Wildman–Crippen LogP) is 9.98. The van der Waals surface area contributed by atoms with Crippen LogP contribution in [0, 0.1) is 12.1 Å². The fourth-order valence-electron chi connectivity index (χ4n) is 5.24. The summed E-state index contributed by atoms with van der Waals surface area (Å²) in [5, 5.41) is 4.55. The standard InChI is InChI=1S/C38H34N2.Pt/c1-37(2,3)30-15-16-33-27(22-30)17-19-40-36(33)29-14-13-25-9-8-12-32(34(25)23-29)26-10-7-11-28(21-26)35-24-31(18-20-39-35)38(4,5)6;/h7-20,22,24H,1-6H3;/q-2;+2. The summed E-state index contributed by atoms with van der Waals surface area (Å²) in [6.07, 6.45) is 3.81. The zero-order chi connectivity index (χ0) is 28.1. The van der Waals surface area contributed by atoms with Crippen LogP contribution in [-0.2, 0) is 31.9 Å². The van der Waals surface area contributed by atoms with E-state index in [-0.39, 0.29) is 31.9 Å². The summed E-state index contributed by atoms with van der Waals surface area (Å²) >= 11 is 0. The molecule has 0 aliphatic heterocycles. The van der Waals surface area contributed by atoms with Gasteiger partial charge in [0.2, 0.25) is 0 Å². The molecule has 0 unspecified atom stereocenters. The molecule has 0 atom stereocenters. The minimum atomic E-state index is 0. The predicted molar refractivity (Wildman–Crippen MR) is 168 cm³/mol. The van der Waals surface area contributed by atoms with Gasteiger partial charge in [-0.3, -0.25) is 9.97 Å². The number of pyridine rings is 2. The van der Waals surface area contributed by atoms with Gasteiger partial charge in [0.1, 0.15) is 0 Å². The molecule has 206 valence electrons. The van der Waals surface area contributed by atoms with E-state index in [1.807, 2.05) is 12.4 Å². The largest absolute Gasteiger partial charge is 2.00 e. The third-order valence-electron chi connectivity index (χ3n) is 7.66. The van der Waals surface area contributed by atoms with E-state index in [9.17, 15) is 0 Å². The number of nitrogens with zero attached hydrogens (tertiary/aromatic N) is 2. The van der Waals surface area contributed by atoms with Crippen LogP contribution in [0.5, 0.6) is 0 Å². The summed E-state index contributed by atoms with van der Waals surface area (Å²) in [5.74, 6) is 0. The van der Waals surface area contributed by atoms with Gasteiger partial charge in [-0.2, -0.15) is 0 Å². The zero-order valence-electron chi connectivity index (χ0n) is 24.4. The molecule has 6 rings (SSSR count). The summed E-state index contributed by atoms with van der Waals surface area (Å²) < 4.78 is 0. The molecule has 3 heteroatoms. The number of hydrogen-bond acceptors (Lipinski definition) is 2. The normalized spacial score (nSPS) is 12.0. The Morgan fingerprint density at radius 1 is 0.561 bits per heavy atom. The SMILES string of the molecule is CC(C)(C)c1ccnc(-c2[c-]c(-c3cccc4ccc(-c5nccc6cc(C(C)(C)C)ccc56)[c-]c34)ccc2)c1.[Pt+2]. The molecule has 0 fully saturated rings. The van der Waals surface area contributed by atoms with E-state index in [2.05, 4.69) is 144 Å². The van der Waals surface area contributed by atoms with Gasteiger partial charge in [-0.15, -0.1) is 53.4 Å². The van der Waals surface area contributed by atoms with E-state index in [0.717, 1.165) is 49.8 Å². The van der Waals surface area contributed by atoms with Gasteiger partial charge in [-0.05, 0) is 44.9 Å². The summed E-state index contributed by atoms with van der Waals surface area (Å²) in [6, 6.07) is 37.5. The Morgan fingerprint density at radius 2 is 1.27 bits per heavy atom. The van der Waals surface area contributed by atoms with E-state index in [0.29, 0.717) is 0 Å². The van der Waals surface area contributed by atoms with Crippen LogP contribution >= 0.6 is 0 Å². The number of fused-ring (bicyclic) bond motifs is 2. The maximum atomic E-state index is 4.81. The monoisotopic (exact) mass is 713 g/mol. The van der Waals surface area contributed by atoms with Crippen LogP contribution in [-0.4, -0.2) is 9.97 Å². The average molecular weight is 714 g/mol. The number of hydrogen-bond donors (Lipinski definition) is 0. The molecule has 0 N–H and O–H groups in total. The van der Waals surface area contributed by atoms with Gasteiger partial charge >= 0.3 is 21.1 Å². The summed E-state index contributed by atoms with van der Waals surface area (Å²) in [4.78, 5) is 9.49. The van der Waals surface area contributed by atoms with Crippen molar-refractivity contribution < 1.29 is 21.1 Å². The van der Waals surface area contributed by atoms with Crippen molar-refractivity contribution in [1.29, 1.82) is 0 Å². The third-order valence-corrected chi connectivity index (χ3v) is 7.66. The molecular formula is C38H34N2Pt. The van der Waals surface area contributed by atoms with Crippen LogP contribution in [0.2, 0.25) is 0 Å². The fourth-order valence-corrected chi connectivity index (χ4v) is 5.24. The first-order valence-electron chi connectivity index (χ1n) is 13.9. The van der Waals surface area contributed by atoms with Gasteiger partial charge in [0, 0.05) is 23.8 Å². The van der Waals surface area contributed by atoms with Gasteiger partial charge in [0.15, 0.2) is 0 Å². The fraction of sp³-hybridized carbons (Fsp3) is 0.211. The van der Waals surface area contributed by atoms with Gasteiger partial charge in [-0.1, -0.05) is 106 Å². The summed E-state index contributed by atoms with van der Waals surface area (Å²) in [6.45, 7) is 13.4. The Labute approximate surface area is 258 Å². The molecule has 0 spiro atoms. The molecule has 0 bridgehead atoms. The van der Waals surface area contributed by atoms with Crippen molar-refractivity contribution in [2.75, 3.05) is 0 Å². The Morgan fingerprint density at radius 3 is 2.05 bits per heavy atom. The van der Waals surface area contributed by atoms with Gasteiger partial charge in [0.05, 0.1) is 0 Å². The van der Waals surface area contributed by atoms with Gasteiger partial charge in [-0.25, -0.2) is 0 Å². The van der Waals surface area contributed by atoms with Crippen LogP contribution in [0.4, 0.5) is 0 Å². The molecule has 0 saturated carbocycles. The van der Waals surface area contributed by atoms with Crippen molar-refractivity contribution in [1.82, 2.24) is 9.97 Å². The molecule has 2 heterocycles. The molecule has 0 radical (unpaired) electrons. The second kappa shape index (κ2) is 11.0. The van der Waals surface area contributed by atoms with Crippen LogP contribution in [0.1, 0.15) is 52.7 Å². The van der Waals surface area contributed by atoms with Crippen molar-refractivity contribution in [3.8, 4) is 33.6 Å². The number of aromatic nitrogens is 2. The molecule has 4 aromatic carbocycles. The Hall–Kier alpha value is -3.61. The van der Waals surface area contributed by atoms with Crippen LogP contribution < -0.4 is 0 Å². The molecule has 41 heavy (non-hydrogen) atoms. The Balaban J connectivity index is 0.00000337. The molecule has 0 aliphatic carbocycles. The Bertz CT molecular complexity index is 1870. The average Bonchev–Trinajstić information content (AvgIpc) is 2.95. The molecule has 2 nitrogen and oxygen atoms in total. The maximum absolute atomic E-state index is 4.81. The Kier molecular flexibility index (Phi) is 7.75. The van der Waals surface area contributed by atoms with E-state index >= 15 is 0 Å². The molecular weight excluding hydrogens is 680 g/mol. The first-order valence-corrected chi connectivity index (χ1v) is 13.9. The maximum Gasteiger partial charge on any atom is 2.00 e. The molecule has 6 aromatic rings. The second-order valence-electron chi connectivity index (χ2n) is 12.6. The van der Waals surface area contributed by atoms with Crippen molar-refractivity contribution in [2.24, 2.45) is 0 Å². The van der Waals surface area contributed by atoms with Crippen molar-refractivity contribution in [3.05, 3.63) is 121 Å². The van der Waals surface area contributed by atoms with Crippen molar-refractivity contribution in [2.45, 2.75) is 52.4 Å². The zero-order valence-corrected chi connectivity index (χ0v) is 26.7. The number of rotatable bonds is 3. The smallest absolute Gasteiger partial charge is 0.295 e. The van der Waals surface area contributed by atoms with Crippen molar-refractivity contribution in [3.63, 3.8) is 0 Å². The minimum absolute atomic E-state index is 0. The first kappa shape index (κ1) is 28.9. The van der Waals surface area contributed by atoms with Crippen LogP contribution in [0.15, 0.2) is 97.3 Å². The first-order chi connectivity index (χ1) is 19.1. The van der Waals surface area contributed by atoms with Gasteiger partial charge in [0.25, 0.3) is 0 Å². The van der Waals surface area contributed by atoms with Crippen LogP contribution in [0.25, 0.3) is 55.2 Å². The molecule has 0 amide bonds. The molecule has 2 aromatic heterocycles. The quantitative estimate of drug-likeness (QED) is 0.171. The van der Waals surface area contributed by atoms with Crippen molar-refractivity contribution >= 4 is 21.5 Å². The second-order valence-corrected chi connectivity index (χ2v) is 12.6. The van der Waals surface area contributed by atoms with E-state index in [1.54, 1.807) is 0 Å². The van der Waals surface area contributed by atoms with E-state index in [1.165, 1.54) is 16.5 Å². The van der Waals surface area contributed by atoms with E-state index < -0.39 is 0 Å². The number of benzene rings is 4. The molecule has 0 aliphatic rings. The molecule has 0 saturated heterocycles. The van der Waals surface area contributed by atoms with Crippen LogP contribution in [0.3, 0.4) is 0 Å². The topological polar surface area (TPSA) is 25.8 Å². The van der Waals surface area contributed by atoms with Gasteiger partial charge < -0.3 is 0 Å². The third kappa shape index (κ3) is 5.77. The summed E-state index contributed by atoms with van der Waals surface area (Å²) in [5.41, 5.74) is 8.73. The minimum Gasteiger partial charge on any atom is -0.295 e.